The number of carbonyl (C=O) groups excluding carboxylic acids is 1. The molecule has 0 unspecified atom stereocenters. The van der Waals surface area contributed by atoms with Crippen LogP contribution >= 0.6 is 0 Å². The number of anilines is 1. The van der Waals surface area contributed by atoms with Crippen molar-refractivity contribution in [2.45, 2.75) is 59.0 Å². The summed E-state index contributed by atoms with van der Waals surface area (Å²) in [5.41, 5.74) is 7.53. The second kappa shape index (κ2) is 5.86. The van der Waals surface area contributed by atoms with Gasteiger partial charge in [0.15, 0.2) is 0 Å². The molecule has 0 aliphatic heterocycles. The van der Waals surface area contributed by atoms with Crippen LogP contribution in [0.5, 0.6) is 0 Å². The summed E-state index contributed by atoms with van der Waals surface area (Å²) >= 11 is 0. The molecule has 0 bridgehead atoms. The molecular formula is C17H26N2O. The molecular weight excluding hydrogens is 248 g/mol. The highest BCUT2D eigenvalue weighted by Crippen LogP contribution is 2.39. The highest BCUT2D eigenvalue weighted by atomic mass is 16.2. The molecule has 1 aromatic carbocycles. The molecule has 1 saturated carbocycles. The van der Waals surface area contributed by atoms with Crippen LogP contribution in [0.4, 0.5) is 5.69 Å². The molecule has 3 heteroatoms. The maximum atomic E-state index is 12.9. The van der Waals surface area contributed by atoms with Crippen molar-refractivity contribution >= 4 is 11.6 Å². The van der Waals surface area contributed by atoms with Crippen molar-refractivity contribution in [2.24, 2.45) is 5.41 Å². The minimum absolute atomic E-state index is 0.162. The average Bonchev–Trinajstić information content (AvgIpc) is 2.83. The van der Waals surface area contributed by atoms with Crippen LogP contribution in [-0.4, -0.2) is 16.8 Å². The predicted octanol–water partition coefficient (Wildman–Crippen LogP) is 3.59. The predicted molar refractivity (Wildman–Crippen MR) is 83.1 cm³/mol. The summed E-state index contributed by atoms with van der Waals surface area (Å²) in [4.78, 5) is 14.9. The number of carbonyl (C=O) groups is 1. The molecule has 0 aromatic heterocycles. The summed E-state index contributed by atoms with van der Waals surface area (Å²) < 4.78 is 0. The van der Waals surface area contributed by atoms with Crippen LogP contribution < -0.4 is 5.73 Å². The van der Waals surface area contributed by atoms with Gasteiger partial charge >= 0.3 is 0 Å². The summed E-state index contributed by atoms with van der Waals surface area (Å²) in [6, 6.07) is 8.03. The van der Waals surface area contributed by atoms with E-state index in [9.17, 15) is 4.79 Å². The Morgan fingerprint density at radius 2 is 2.00 bits per heavy atom. The maximum Gasteiger partial charge on any atom is 0.229 e. The highest BCUT2D eigenvalue weighted by molar-refractivity contribution is 5.83. The van der Waals surface area contributed by atoms with Crippen LogP contribution in [0.15, 0.2) is 24.3 Å². The molecule has 0 spiro atoms. The summed E-state index contributed by atoms with van der Waals surface area (Å²) in [7, 11) is 0. The third-order valence-corrected chi connectivity index (χ3v) is 4.41. The van der Waals surface area contributed by atoms with Crippen molar-refractivity contribution in [3.05, 3.63) is 29.8 Å². The molecule has 0 saturated heterocycles. The van der Waals surface area contributed by atoms with E-state index in [0.717, 1.165) is 24.1 Å². The molecule has 110 valence electrons. The molecule has 0 radical (unpaired) electrons. The van der Waals surface area contributed by atoms with Crippen molar-refractivity contribution < 1.29 is 4.79 Å². The van der Waals surface area contributed by atoms with Crippen molar-refractivity contribution in [3.8, 4) is 0 Å². The van der Waals surface area contributed by atoms with Crippen LogP contribution in [0.1, 0.15) is 52.0 Å². The number of hydrogen-bond acceptors (Lipinski definition) is 2. The fraction of sp³-hybridized carbons (Fsp3) is 0.588. The molecule has 0 heterocycles. The van der Waals surface area contributed by atoms with Gasteiger partial charge in [0.2, 0.25) is 5.91 Å². The quantitative estimate of drug-likeness (QED) is 0.853. The Balaban J connectivity index is 2.17. The lowest BCUT2D eigenvalue weighted by Crippen LogP contribution is -2.44. The first-order chi connectivity index (χ1) is 9.42. The van der Waals surface area contributed by atoms with E-state index in [4.69, 9.17) is 5.73 Å². The van der Waals surface area contributed by atoms with Gasteiger partial charge in [-0.1, -0.05) is 31.9 Å². The van der Waals surface area contributed by atoms with Crippen molar-refractivity contribution in [1.29, 1.82) is 0 Å². The Labute approximate surface area is 122 Å². The molecule has 20 heavy (non-hydrogen) atoms. The molecule has 2 N–H and O–H groups in total. The van der Waals surface area contributed by atoms with Crippen LogP contribution in [0.3, 0.4) is 0 Å². The average molecular weight is 274 g/mol. The summed E-state index contributed by atoms with van der Waals surface area (Å²) in [6.45, 7) is 6.94. The van der Waals surface area contributed by atoms with Crippen LogP contribution in [0, 0.1) is 5.41 Å². The molecule has 3 nitrogen and oxygen atoms in total. The molecule has 1 aromatic rings. The van der Waals surface area contributed by atoms with E-state index in [1.165, 1.54) is 12.8 Å². The van der Waals surface area contributed by atoms with E-state index in [1.54, 1.807) is 0 Å². The number of hydrogen-bond donors (Lipinski definition) is 1. The Bertz CT molecular complexity index is 476. The molecule has 1 fully saturated rings. The zero-order chi connectivity index (χ0) is 14.8. The van der Waals surface area contributed by atoms with Gasteiger partial charge in [-0.3, -0.25) is 4.79 Å². The molecule has 1 amide bonds. The van der Waals surface area contributed by atoms with E-state index in [1.807, 2.05) is 29.2 Å². The van der Waals surface area contributed by atoms with Gasteiger partial charge in [0.25, 0.3) is 0 Å². The number of rotatable bonds is 4. The zero-order valence-corrected chi connectivity index (χ0v) is 12.9. The molecule has 2 rings (SSSR count). The van der Waals surface area contributed by atoms with E-state index in [2.05, 4.69) is 20.8 Å². The molecule has 1 aliphatic carbocycles. The second-order valence-corrected chi connectivity index (χ2v) is 6.54. The normalized spacial score (nSPS) is 17.4. The first-order valence-electron chi connectivity index (χ1n) is 7.58. The monoisotopic (exact) mass is 274 g/mol. The van der Waals surface area contributed by atoms with Crippen LogP contribution in [-0.2, 0) is 11.3 Å². The number of nitrogens with zero attached hydrogens (tertiary/aromatic N) is 1. The van der Waals surface area contributed by atoms with Gasteiger partial charge in [0.1, 0.15) is 0 Å². The van der Waals surface area contributed by atoms with E-state index in [-0.39, 0.29) is 11.5 Å². The van der Waals surface area contributed by atoms with Crippen LogP contribution in [0.25, 0.3) is 0 Å². The van der Waals surface area contributed by atoms with Crippen molar-refractivity contribution in [1.82, 2.24) is 4.90 Å². The second-order valence-electron chi connectivity index (χ2n) is 6.54. The van der Waals surface area contributed by atoms with E-state index in [0.29, 0.717) is 12.5 Å². The topological polar surface area (TPSA) is 46.3 Å². The minimum Gasteiger partial charge on any atom is -0.399 e. The van der Waals surface area contributed by atoms with Gasteiger partial charge in [0, 0.05) is 23.7 Å². The first-order valence-corrected chi connectivity index (χ1v) is 7.58. The van der Waals surface area contributed by atoms with Gasteiger partial charge in [-0.25, -0.2) is 0 Å². The fourth-order valence-electron chi connectivity index (χ4n) is 3.09. The maximum absolute atomic E-state index is 12.9. The fourth-order valence-corrected chi connectivity index (χ4v) is 3.09. The lowest BCUT2D eigenvalue weighted by Gasteiger charge is -2.34. The molecule has 1 aliphatic rings. The first kappa shape index (κ1) is 14.9. The van der Waals surface area contributed by atoms with Gasteiger partial charge < -0.3 is 10.6 Å². The number of nitrogens with two attached hydrogens (primary N) is 1. The minimum atomic E-state index is -0.162. The van der Waals surface area contributed by atoms with E-state index >= 15 is 0 Å². The standard InChI is InChI=1S/C17H26N2O/c1-13(2)19(12-14-7-6-8-15(18)11-14)16(20)17(3)9-4-5-10-17/h6-8,11,13H,4-5,9-10,12,18H2,1-3H3. The Hall–Kier alpha value is -1.51. The van der Waals surface area contributed by atoms with E-state index < -0.39 is 0 Å². The zero-order valence-electron chi connectivity index (χ0n) is 12.9. The Kier molecular flexibility index (Phi) is 4.36. The third kappa shape index (κ3) is 3.14. The Morgan fingerprint density at radius 3 is 2.55 bits per heavy atom. The number of nitrogen functional groups attached to an aromatic ring is 1. The lowest BCUT2D eigenvalue weighted by molar-refractivity contribution is -0.143. The van der Waals surface area contributed by atoms with Crippen molar-refractivity contribution in [2.75, 3.05) is 5.73 Å². The summed E-state index contributed by atoms with van der Waals surface area (Å²) in [5, 5.41) is 0. The Morgan fingerprint density at radius 1 is 1.35 bits per heavy atom. The van der Waals surface area contributed by atoms with Gasteiger partial charge in [0.05, 0.1) is 0 Å². The smallest absolute Gasteiger partial charge is 0.229 e. The summed E-state index contributed by atoms with van der Waals surface area (Å²) in [6.07, 6.45) is 4.39. The van der Waals surface area contributed by atoms with Gasteiger partial charge in [-0.2, -0.15) is 0 Å². The highest BCUT2D eigenvalue weighted by Gasteiger charge is 2.39. The number of amides is 1. The SMILES string of the molecule is CC(C)N(Cc1cccc(N)c1)C(=O)C1(C)CCCC1. The van der Waals surface area contributed by atoms with Crippen molar-refractivity contribution in [3.63, 3.8) is 0 Å². The number of benzene rings is 1. The summed E-state index contributed by atoms with van der Waals surface area (Å²) in [5.74, 6) is 0.299. The lowest BCUT2D eigenvalue weighted by atomic mass is 9.86. The third-order valence-electron chi connectivity index (χ3n) is 4.41. The van der Waals surface area contributed by atoms with Gasteiger partial charge in [-0.15, -0.1) is 0 Å². The molecule has 0 atom stereocenters. The van der Waals surface area contributed by atoms with Gasteiger partial charge in [-0.05, 0) is 44.4 Å². The van der Waals surface area contributed by atoms with Crippen LogP contribution in [0.2, 0.25) is 0 Å². The largest absolute Gasteiger partial charge is 0.399 e.